The predicted molar refractivity (Wildman–Crippen MR) is 132 cm³/mol. The van der Waals surface area contributed by atoms with Crippen molar-refractivity contribution in [2.24, 2.45) is 0 Å². The molecule has 1 fully saturated rings. The molecule has 2 aromatic rings. The Labute approximate surface area is 196 Å². The van der Waals surface area contributed by atoms with E-state index in [0.717, 1.165) is 32.7 Å². The maximum absolute atomic E-state index is 12.6. The molecule has 1 saturated heterocycles. The highest BCUT2D eigenvalue weighted by atomic mass is 16.6. The second kappa shape index (κ2) is 11.2. The van der Waals surface area contributed by atoms with Crippen LogP contribution in [0.5, 0.6) is 0 Å². The number of ketones is 1. The summed E-state index contributed by atoms with van der Waals surface area (Å²) in [5.41, 5.74) is 2.58. The number of nitrogens with zero attached hydrogens (tertiary/aromatic N) is 3. The molecule has 0 unspecified atom stereocenters. The molecule has 0 amide bonds. The number of rotatable bonds is 7. The third-order valence-electron chi connectivity index (χ3n) is 5.24. The molecule has 174 valence electrons. The summed E-state index contributed by atoms with van der Waals surface area (Å²) in [6.07, 6.45) is 6.17. The van der Waals surface area contributed by atoms with E-state index in [1.54, 1.807) is 18.2 Å². The summed E-state index contributed by atoms with van der Waals surface area (Å²) in [7, 11) is 2.15. The molecule has 0 atom stereocenters. The largest absolute Gasteiger partial charge is 0.457 e. The first kappa shape index (κ1) is 24.6. The van der Waals surface area contributed by atoms with Gasteiger partial charge in [-0.15, -0.1) is 0 Å². The molecule has 0 bridgehead atoms. The lowest BCUT2D eigenvalue weighted by molar-refractivity contribution is -0.148. The van der Waals surface area contributed by atoms with Gasteiger partial charge in [0.05, 0.1) is 11.4 Å². The molecule has 0 aliphatic carbocycles. The van der Waals surface area contributed by atoms with Gasteiger partial charge in [-0.2, -0.15) is 0 Å². The normalized spacial score (nSPS) is 15.9. The van der Waals surface area contributed by atoms with Crippen LogP contribution in [0.15, 0.2) is 54.6 Å². The molecule has 0 spiro atoms. The molecule has 0 radical (unpaired) electrons. The number of hydrogen-bond acceptors (Lipinski definition) is 6. The number of likely N-dealkylation sites (N-methyl/N-ethyl adjacent to an activating group) is 1. The van der Waals surface area contributed by atoms with Gasteiger partial charge in [-0.05, 0) is 63.7 Å². The second-order valence-corrected chi connectivity index (χ2v) is 9.33. The lowest BCUT2D eigenvalue weighted by Crippen LogP contribution is -2.43. The van der Waals surface area contributed by atoms with Crippen LogP contribution in [-0.2, 0) is 16.1 Å². The summed E-state index contributed by atoms with van der Waals surface area (Å²) in [5, 5.41) is 0. The zero-order chi connectivity index (χ0) is 23.8. The van der Waals surface area contributed by atoms with Gasteiger partial charge in [-0.1, -0.05) is 30.3 Å². The average molecular weight is 448 g/mol. The van der Waals surface area contributed by atoms with Gasteiger partial charge in [-0.25, -0.2) is 9.78 Å². The fourth-order valence-electron chi connectivity index (χ4n) is 3.44. The van der Waals surface area contributed by atoms with Gasteiger partial charge >= 0.3 is 5.97 Å². The van der Waals surface area contributed by atoms with Crippen molar-refractivity contribution in [2.45, 2.75) is 32.9 Å². The highest BCUT2D eigenvalue weighted by molar-refractivity contribution is 6.06. The molecule has 2 heterocycles. The number of piperazine rings is 1. The maximum atomic E-state index is 12.6. The standard InChI is InChI=1S/C27H33N3O3/c1-27(2,3)33-26(32)15-13-24-7-5-6-23(28-24)12-14-25(31)22-10-8-21(9-11-22)20-30-18-16-29(4)17-19-30/h5-15H,16-20H2,1-4H3. The summed E-state index contributed by atoms with van der Waals surface area (Å²) in [4.78, 5) is 33.6. The summed E-state index contributed by atoms with van der Waals surface area (Å²) < 4.78 is 5.26. The van der Waals surface area contributed by atoms with Crippen molar-refractivity contribution >= 4 is 23.9 Å². The molecule has 0 N–H and O–H groups in total. The quantitative estimate of drug-likeness (QED) is 0.362. The number of ether oxygens (including phenoxy) is 1. The van der Waals surface area contributed by atoms with Crippen LogP contribution in [-0.4, -0.2) is 65.4 Å². The summed E-state index contributed by atoms with van der Waals surface area (Å²) in [5.74, 6) is -0.492. The number of pyridine rings is 1. The fourth-order valence-corrected chi connectivity index (χ4v) is 3.44. The van der Waals surface area contributed by atoms with Gasteiger partial charge in [-0.3, -0.25) is 9.69 Å². The number of esters is 1. The summed E-state index contributed by atoms with van der Waals surface area (Å²) in [6.45, 7) is 10.7. The zero-order valence-electron chi connectivity index (χ0n) is 20.0. The lowest BCUT2D eigenvalue weighted by atomic mass is 10.1. The molecule has 1 aromatic heterocycles. The molecule has 1 aromatic carbocycles. The molecular formula is C27H33N3O3. The Bertz CT molecular complexity index is 1010. The van der Waals surface area contributed by atoms with Gasteiger partial charge < -0.3 is 9.64 Å². The average Bonchev–Trinajstić information content (AvgIpc) is 2.77. The molecule has 0 saturated carbocycles. The van der Waals surface area contributed by atoms with Crippen molar-refractivity contribution < 1.29 is 14.3 Å². The summed E-state index contributed by atoms with van der Waals surface area (Å²) in [6, 6.07) is 13.3. The molecule has 6 nitrogen and oxygen atoms in total. The number of benzene rings is 1. The Morgan fingerprint density at radius 2 is 1.55 bits per heavy atom. The topological polar surface area (TPSA) is 62.7 Å². The third kappa shape index (κ3) is 8.40. The highest BCUT2D eigenvalue weighted by Crippen LogP contribution is 2.12. The van der Waals surface area contributed by atoms with Crippen LogP contribution in [0.25, 0.3) is 12.2 Å². The minimum absolute atomic E-state index is 0.0716. The minimum Gasteiger partial charge on any atom is -0.457 e. The Hall–Kier alpha value is -3.09. The number of carbonyl (C=O) groups excluding carboxylic acids is 2. The van der Waals surface area contributed by atoms with Gasteiger partial charge in [0.15, 0.2) is 5.78 Å². The van der Waals surface area contributed by atoms with Gasteiger partial charge in [0.25, 0.3) is 0 Å². The molecular weight excluding hydrogens is 414 g/mol. The molecule has 3 rings (SSSR count). The van der Waals surface area contributed by atoms with E-state index in [-0.39, 0.29) is 5.78 Å². The highest BCUT2D eigenvalue weighted by Gasteiger charge is 2.15. The van der Waals surface area contributed by atoms with Gasteiger partial charge in [0.2, 0.25) is 0 Å². The van der Waals surface area contributed by atoms with E-state index in [1.807, 2.05) is 57.2 Å². The predicted octanol–water partition coefficient (Wildman–Crippen LogP) is 4.08. The van der Waals surface area contributed by atoms with Crippen molar-refractivity contribution in [3.05, 3.63) is 77.1 Å². The fraction of sp³-hybridized carbons (Fsp3) is 0.370. The van der Waals surface area contributed by atoms with Crippen LogP contribution in [0.2, 0.25) is 0 Å². The monoisotopic (exact) mass is 447 g/mol. The second-order valence-electron chi connectivity index (χ2n) is 9.33. The van der Waals surface area contributed by atoms with Crippen LogP contribution in [0.3, 0.4) is 0 Å². The number of allylic oxidation sites excluding steroid dienone is 1. The van der Waals surface area contributed by atoms with Crippen LogP contribution in [0.4, 0.5) is 0 Å². The zero-order valence-corrected chi connectivity index (χ0v) is 20.0. The number of aromatic nitrogens is 1. The molecule has 1 aliphatic heterocycles. The Morgan fingerprint density at radius 3 is 2.15 bits per heavy atom. The number of carbonyl (C=O) groups is 2. The van der Waals surface area contributed by atoms with Crippen LogP contribution < -0.4 is 0 Å². The third-order valence-corrected chi connectivity index (χ3v) is 5.24. The molecule has 1 aliphatic rings. The van der Waals surface area contributed by atoms with E-state index in [9.17, 15) is 9.59 Å². The number of hydrogen-bond donors (Lipinski definition) is 0. The van der Waals surface area contributed by atoms with E-state index < -0.39 is 11.6 Å². The Balaban J connectivity index is 1.56. The van der Waals surface area contributed by atoms with Crippen LogP contribution in [0.1, 0.15) is 48.1 Å². The van der Waals surface area contributed by atoms with Gasteiger partial charge in [0.1, 0.15) is 5.60 Å². The Morgan fingerprint density at radius 1 is 0.939 bits per heavy atom. The van der Waals surface area contributed by atoms with Crippen molar-refractivity contribution in [3.63, 3.8) is 0 Å². The first-order chi connectivity index (χ1) is 15.7. The Kier molecular flexibility index (Phi) is 8.31. The van der Waals surface area contributed by atoms with Crippen LogP contribution in [0, 0.1) is 0 Å². The molecule has 33 heavy (non-hydrogen) atoms. The van der Waals surface area contributed by atoms with Crippen molar-refractivity contribution in [3.8, 4) is 0 Å². The lowest BCUT2D eigenvalue weighted by Gasteiger charge is -2.32. The van der Waals surface area contributed by atoms with E-state index in [1.165, 1.54) is 17.7 Å². The smallest absolute Gasteiger partial charge is 0.331 e. The van der Waals surface area contributed by atoms with Gasteiger partial charge in [0, 0.05) is 44.4 Å². The minimum atomic E-state index is -0.539. The van der Waals surface area contributed by atoms with Crippen LogP contribution >= 0.6 is 0 Å². The first-order valence-corrected chi connectivity index (χ1v) is 11.3. The SMILES string of the molecule is CN1CCN(Cc2ccc(C(=O)C=Cc3cccc(C=CC(=O)OC(C)(C)C)n3)cc2)CC1. The van der Waals surface area contributed by atoms with E-state index in [2.05, 4.69) is 21.8 Å². The van der Waals surface area contributed by atoms with E-state index >= 15 is 0 Å². The summed E-state index contributed by atoms with van der Waals surface area (Å²) >= 11 is 0. The van der Waals surface area contributed by atoms with Crippen molar-refractivity contribution in [1.82, 2.24) is 14.8 Å². The van der Waals surface area contributed by atoms with Crippen molar-refractivity contribution in [1.29, 1.82) is 0 Å². The van der Waals surface area contributed by atoms with E-state index in [4.69, 9.17) is 4.74 Å². The molecule has 6 heteroatoms. The first-order valence-electron chi connectivity index (χ1n) is 11.3. The van der Waals surface area contributed by atoms with Crippen molar-refractivity contribution in [2.75, 3.05) is 33.2 Å². The maximum Gasteiger partial charge on any atom is 0.331 e. The van der Waals surface area contributed by atoms with E-state index in [0.29, 0.717) is 17.0 Å².